The Labute approximate surface area is 186 Å². The summed E-state index contributed by atoms with van der Waals surface area (Å²) in [5.74, 6) is -0.538. The highest BCUT2D eigenvalue weighted by molar-refractivity contribution is 5.81. The van der Waals surface area contributed by atoms with Crippen LogP contribution in [0, 0.1) is 6.92 Å². The maximum Gasteiger partial charge on any atom is 0.407 e. The number of amides is 1. The molecule has 0 aromatic heterocycles. The Bertz CT molecular complexity index is 1110. The van der Waals surface area contributed by atoms with Gasteiger partial charge in [0.2, 0.25) is 0 Å². The molecule has 3 aromatic rings. The van der Waals surface area contributed by atoms with E-state index in [-0.39, 0.29) is 18.9 Å². The van der Waals surface area contributed by atoms with Gasteiger partial charge in [-0.15, -0.1) is 0 Å². The van der Waals surface area contributed by atoms with Crippen molar-refractivity contribution in [3.63, 3.8) is 0 Å². The van der Waals surface area contributed by atoms with Crippen LogP contribution >= 0.6 is 0 Å². The lowest BCUT2D eigenvalue weighted by Crippen LogP contribution is -2.42. The maximum atomic E-state index is 12.5. The Morgan fingerprint density at radius 3 is 2.22 bits per heavy atom. The molecule has 0 aliphatic heterocycles. The third-order valence-corrected chi connectivity index (χ3v) is 5.85. The molecule has 0 spiro atoms. The van der Waals surface area contributed by atoms with Gasteiger partial charge in [-0.25, -0.2) is 9.59 Å². The molecule has 0 unspecified atom stereocenters. The first-order valence-corrected chi connectivity index (χ1v) is 10.5. The number of methoxy groups -OCH3 is 1. The molecule has 32 heavy (non-hydrogen) atoms. The predicted octanol–water partition coefficient (Wildman–Crippen LogP) is 4.54. The summed E-state index contributed by atoms with van der Waals surface area (Å²) in [5.41, 5.74) is 6.17. The van der Waals surface area contributed by atoms with Gasteiger partial charge in [0.15, 0.2) is 0 Å². The van der Waals surface area contributed by atoms with Gasteiger partial charge in [0.25, 0.3) is 0 Å². The van der Waals surface area contributed by atoms with E-state index in [0.29, 0.717) is 5.75 Å². The summed E-state index contributed by atoms with van der Waals surface area (Å²) in [7, 11) is 1.57. The van der Waals surface area contributed by atoms with Gasteiger partial charge in [-0.1, -0.05) is 60.7 Å². The lowest BCUT2D eigenvalue weighted by atomic mass is 9.98. The van der Waals surface area contributed by atoms with Crippen molar-refractivity contribution in [1.82, 2.24) is 5.32 Å². The molecule has 6 nitrogen and oxygen atoms in total. The van der Waals surface area contributed by atoms with Crippen LogP contribution < -0.4 is 10.1 Å². The third kappa shape index (κ3) is 4.30. The summed E-state index contributed by atoms with van der Waals surface area (Å²) in [6, 6.07) is 20.5. The van der Waals surface area contributed by atoms with E-state index < -0.39 is 18.1 Å². The van der Waals surface area contributed by atoms with E-state index in [1.807, 2.05) is 55.5 Å². The smallest absolute Gasteiger partial charge is 0.407 e. The third-order valence-electron chi connectivity index (χ3n) is 5.85. The summed E-state index contributed by atoms with van der Waals surface area (Å²) in [6.45, 7) is 2.04. The Balaban J connectivity index is 1.43. The Hall–Kier alpha value is -3.80. The van der Waals surface area contributed by atoms with Crippen molar-refractivity contribution in [2.45, 2.75) is 25.3 Å². The summed E-state index contributed by atoms with van der Waals surface area (Å²) >= 11 is 0. The number of rotatable bonds is 7. The molecule has 3 aromatic carbocycles. The van der Waals surface area contributed by atoms with Crippen molar-refractivity contribution < 1.29 is 24.2 Å². The Kier molecular flexibility index (Phi) is 6.12. The zero-order valence-electron chi connectivity index (χ0n) is 18.0. The highest BCUT2D eigenvalue weighted by Crippen LogP contribution is 2.44. The number of nitrogens with one attached hydrogen (secondary N) is 1. The average molecular weight is 431 g/mol. The molecule has 164 valence electrons. The van der Waals surface area contributed by atoms with Crippen LogP contribution in [0.4, 0.5) is 4.79 Å². The lowest BCUT2D eigenvalue weighted by molar-refractivity contribution is -0.139. The topological polar surface area (TPSA) is 84.9 Å². The number of fused-ring (bicyclic) bond motifs is 3. The second-order valence-corrected chi connectivity index (χ2v) is 7.87. The minimum Gasteiger partial charge on any atom is -0.496 e. The number of benzene rings is 3. The van der Waals surface area contributed by atoms with Gasteiger partial charge in [0, 0.05) is 12.3 Å². The fraction of sp³-hybridized carbons (Fsp3) is 0.231. The summed E-state index contributed by atoms with van der Waals surface area (Å²) in [6.07, 6.45) is -0.630. The lowest BCUT2D eigenvalue weighted by Gasteiger charge is -2.18. The van der Waals surface area contributed by atoms with Crippen LogP contribution in [0.2, 0.25) is 0 Å². The fourth-order valence-electron chi connectivity index (χ4n) is 4.21. The van der Waals surface area contributed by atoms with E-state index in [4.69, 9.17) is 9.47 Å². The van der Waals surface area contributed by atoms with E-state index in [2.05, 4.69) is 17.4 Å². The van der Waals surface area contributed by atoms with Gasteiger partial charge in [0.05, 0.1) is 7.11 Å². The minimum absolute atomic E-state index is 0.0854. The summed E-state index contributed by atoms with van der Waals surface area (Å²) in [5, 5.41) is 12.1. The van der Waals surface area contributed by atoms with Gasteiger partial charge < -0.3 is 19.9 Å². The number of ether oxygens (including phenoxy) is 2. The monoisotopic (exact) mass is 431 g/mol. The Morgan fingerprint density at radius 2 is 1.62 bits per heavy atom. The predicted molar refractivity (Wildman–Crippen MR) is 121 cm³/mol. The van der Waals surface area contributed by atoms with Crippen LogP contribution in [-0.4, -0.2) is 36.9 Å². The van der Waals surface area contributed by atoms with Crippen LogP contribution in [0.1, 0.15) is 28.2 Å². The number of aliphatic carboxylic acids is 1. The zero-order valence-corrected chi connectivity index (χ0v) is 18.0. The second-order valence-electron chi connectivity index (χ2n) is 7.87. The summed E-state index contributed by atoms with van der Waals surface area (Å²) in [4.78, 5) is 24.2. The molecule has 0 saturated carbocycles. The molecule has 0 fully saturated rings. The van der Waals surface area contributed by atoms with E-state index in [1.165, 1.54) is 0 Å². The molecule has 0 saturated heterocycles. The average Bonchev–Trinajstić information content (AvgIpc) is 3.12. The molecular formula is C26H25NO5. The molecule has 0 bridgehead atoms. The van der Waals surface area contributed by atoms with Crippen LogP contribution in [0.3, 0.4) is 0 Å². The number of hydrogen-bond donors (Lipinski definition) is 2. The first-order chi connectivity index (χ1) is 15.5. The van der Waals surface area contributed by atoms with Crippen LogP contribution in [0.15, 0.2) is 66.7 Å². The number of carboxylic acids is 1. The van der Waals surface area contributed by atoms with Crippen molar-refractivity contribution in [3.05, 3.63) is 89.0 Å². The molecule has 1 amide bonds. The molecule has 6 heteroatoms. The standard InChI is InChI=1S/C26H25NO5/c1-16-11-12-17(14-24(16)31-2)13-23(25(28)29)27-26(30)32-15-22-20-9-5-3-7-18(20)19-8-4-6-10-21(19)22/h3-12,14,22-23H,13,15H2,1-2H3,(H,27,30)(H,28,29)/t23-/m0/s1. The van der Waals surface area contributed by atoms with Gasteiger partial charge in [0.1, 0.15) is 18.4 Å². The largest absolute Gasteiger partial charge is 0.496 e. The van der Waals surface area contributed by atoms with Gasteiger partial charge in [-0.05, 0) is 46.4 Å². The molecule has 4 rings (SSSR count). The first-order valence-electron chi connectivity index (χ1n) is 10.5. The number of aryl methyl sites for hydroxylation is 1. The number of carboxylic acid groups (broad SMARTS) is 1. The first kappa shape index (κ1) is 21.4. The quantitative estimate of drug-likeness (QED) is 0.574. The van der Waals surface area contributed by atoms with Gasteiger partial charge in [-0.2, -0.15) is 0 Å². The van der Waals surface area contributed by atoms with E-state index >= 15 is 0 Å². The SMILES string of the molecule is COc1cc(C[C@H](NC(=O)OCC2c3ccccc3-c3ccccc32)C(=O)O)ccc1C. The fourth-order valence-corrected chi connectivity index (χ4v) is 4.21. The minimum atomic E-state index is -1.13. The van der Waals surface area contributed by atoms with E-state index in [1.54, 1.807) is 13.2 Å². The normalized spacial score (nSPS) is 13.1. The number of carbonyl (C=O) groups is 2. The Morgan fingerprint density at radius 1 is 1.00 bits per heavy atom. The van der Waals surface area contributed by atoms with Gasteiger partial charge >= 0.3 is 12.1 Å². The number of alkyl carbamates (subject to hydrolysis) is 1. The summed E-state index contributed by atoms with van der Waals surface area (Å²) < 4.78 is 10.8. The van der Waals surface area contributed by atoms with Crippen molar-refractivity contribution >= 4 is 12.1 Å². The molecular weight excluding hydrogens is 406 g/mol. The number of carbonyl (C=O) groups excluding carboxylic acids is 1. The molecule has 1 aliphatic carbocycles. The van der Waals surface area contributed by atoms with E-state index in [0.717, 1.165) is 33.4 Å². The van der Waals surface area contributed by atoms with Gasteiger partial charge in [-0.3, -0.25) is 0 Å². The second kappa shape index (κ2) is 9.14. The molecule has 0 radical (unpaired) electrons. The maximum absolute atomic E-state index is 12.5. The van der Waals surface area contributed by atoms with Crippen LogP contribution in [-0.2, 0) is 16.0 Å². The molecule has 0 heterocycles. The molecule has 2 N–H and O–H groups in total. The highest BCUT2D eigenvalue weighted by atomic mass is 16.5. The van der Waals surface area contributed by atoms with Crippen molar-refractivity contribution in [3.8, 4) is 16.9 Å². The van der Waals surface area contributed by atoms with Crippen molar-refractivity contribution in [2.24, 2.45) is 0 Å². The van der Waals surface area contributed by atoms with Crippen molar-refractivity contribution in [1.29, 1.82) is 0 Å². The van der Waals surface area contributed by atoms with Crippen LogP contribution in [0.25, 0.3) is 11.1 Å². The van der Waals surface area contributed by atoms with Crippen LogP contribution in [0.5, 0.6) is 5.75 Å². The number of hydrogen-bond acceptors (Lipinski definition) is 4. The molecule has 1 aliphatic rings. The van der Waals surface area contributed by atoms with Crippen molar-refractivity contribution in [2.75, 3.05) is 13.7 Å². The van der Waals surface area contributed by atoms with E-state index in [9.17, 15) is 14.7 Å². The zero-order chi connectivity index (χ0) is 22.7. The highest BCUT2D eigenvalue weighted by Gasteiger charge is 2.29. The molecule has 1 atom stereocenters.